The maximum atomic E-state index is 13.3. The van der Waals surface area contributed by atoms with E-state index < -0.39 is 0 Å². The van der Waals surface area contributed by atoms with Crippen molar-refractivity contribution in [3.05, 3.63) is 83.9 Å². The molecule has 178 valence electrons. The van der Waals surface area contributed by atoms with Crippen molar-refractivity contribution in [2.24, 2.45) is 23.3 Å². The molecule has 0 radical (unpaired) electrons. The fourth-order valence-corrected chi connectivity index (χ4v) is 4.77. The summed E-state index contributed by atoms with van der Waals surface area (Å²) >= 11 is 0. The summed E-state index contributed by atoms with van der Waals surface area (Å²) in [4.78, 5) is 29.1. The molecular formula is C27H33N5O2. The molecule has 1 unspecified atom stereocenters. The molecule has 3 aromatic rings. The van der Waals surface area contributed by atoms with Crippen LogP contribution in [0.4, 0.5) is 0 Å². The molecule has 1 saturated carbocycles. The second-order valence-electron chi connectivity index (χ2n) is 9.17. The normalized spacial score (nSPS) is 18.9. The Bertz CT molecular complexity index is 1090. The highest BCUT2D eigenvalue weighted by molar-refractivity contribution is 5.79. The number of aromatic nitrogens is 2. The van der Waals surface area contributed by atoms with Crippen LogP contribution in [0.15, 0.2) is 67.0 Å². The molecule has 0 aliphatic heterocycles. The van der Waals surface area contributed by atoms with Crippen molar-refractivity contribution in [2.45, 2.75) is 44.6 Å². The van der Waals surface area contributed by atoms with Crippen molar-refractivity contribution in [2.75, 3.05) is 6.54 Å². The Morgan fingerprint density at radius 3 is 2.35 bits per heavy atom. The molecule has 1 atom stereocenters. The minimum atomic E-state index is -0.359. The molecule has 1 aliphatic carbocycles. The Kier molecular flexibility index (Phi) is 7.75. The highest BCUT2D eigenvalue weighted by atomic mass is 16.2. The summed E-state index contributed by atoms with van der Waals surface area (Å²) in [7, 11) is 0. The van der Waals surface area contributed by atoms with Crippen molar-refractivity contribution in [1.82, 2.24) is 14.9 Å². The van der Waals surface area contributed by atoms with Crippen molar-refractivity contribution in [3.63, 3.8) is 0 Å². The van der Waals surface area contributed by atoms with Gasteiger partial charge < -0.3 is 21.4 Å². The van der Waals surface area contributed by atoms with Gasteiger partial charge in [0.25, 0.3) is 0 Å². The first-order valence-electron chi connectivity index (χ1n) is 12.0. The van der Waals surface area contributed by atoms with Crippen LogP contribution in [0.25, 0.3) is 5.69 Å². The number of hydrogen-bond donors (Lipinski definition) is 3. The van der Waals surface area contributed by atoms with Crippen LogP contribution >= 0.6 is 0 Å². The Hall–Kier alpha value is -3.45. The molecule has 0 spiro atoms. The van der Waals surface area contributed by atoms with Crippen LogP contribution in [0.1, 0.15) is 48.7 Å². The number of nitrogens with two attached hydrogens (primary N) is 2. The number of rotatable bonds is 9. The number of imidazole rings is 1. The number of hydrogen-bond acceptors (Lipinski definition) is 4. The summed E-state index contributed by atoms with van der Waals surface area (Å²) in [6.07, 6.45) is 8.26. The van der Waals surface area contributed by atoms with Gasteiger partial charge in [0, 0.05) is 24.0 Å². The van der Waals surface area contributed by atoms with E-state index in [2.05, 4.69) is 22.4 Å². The minimum Gasteiger partial charge on any atom is -0.369 e. The number of carbonyl (C=O) groups excluding carboxylic acids is 2. The van der Waals surface area contributed by atoms with Crippen molar-refractivity contribution in [3.8, 4) is 5.69 Å². The van der Waals surface area contributed by atoms with Crippen LogP contribution < -0.4 is 16.8 Å². The summed E-state index contributed by atoms with van der Waals surface area (Å²) < 4.78 is 1.99. The monoisotopic (exact) mass is 459 g/mol. The quantitative estimate of drug-likeness (QED) is 0.456. The molecule has 0 bridgehead atoms. The second-order valence-corrected chi connectivity index (χ2v) is 9.17. The van der Waals surface area contributed by atoms with Gasteiger partial charge in [-0.25, -0.2) is 4.98 Å². The van der Waals surface area contributed by atoms with Gasteiger partial charge in [0.1, 0.15) is 5.82 Å². The molecule has 1 aliphatic rings. The van der Waals surface area contributed by atoms with Gasteiger partial charge >= 0.3 is 0 Å². The molecule has 1 aromatic heterocycles. The van der Waals surface area contributed by atoms with E-state index in [1.54, 1.807) is 6.20 Å². The van der Waals surface area contributed by atoms with Gasteiger partial charge in [-0.05, 0) is 67.8 Å². The predicted molar refractivity (Wildman–Crippen MR) is 132 cm³/mol. The Morgan fingerprint density at radius 1 is 1.00 bits per heavy atom. The largest absolute Gasteiger partial charge is 0.369 e. The van der Waals surface area contributed by atoms with Gasteiger partial charge in [-0.1, -0.05) is 42.5 Å². The SMILES string of the molecule is NCC1CCC(C(=O)NC(Cc2ccccc2)c2nccn2-c2ccc(CC(N)=O)cc2)CC1. The van der Waals surface area contributed by atoms with Crippen molar-refractivity contribution < 1.29 is 9.59 Å². The Labute approximate surface area is 200 Å². The zero-order valence-electron chi connectivity index (χ0n) is 19.4. The number of primary amides is 1. The van der Waals surface area contributed by atoms with Crippen LogP contribution in [0, 0.1) is 11.8 Å². The van der Waals surface area contributed by atoms with E-state index in [1.807, 2.05) is 53.2 Å². The molecule has 34 heavy (non-hydrogen) atoms. The molecule has 2 amide bonds. The third kappa shape index (κ3) is 5.91. The molecule has 0 saturated heterocycles. The lowest BCUT2D eigenvalue weighted by Crippen LogP contribution is -2.38. The van der Waals surface area contributed by atoms with E-state index in [-0.39, 0.29) is 30.2 Å². The van der Waals surface area contributed by atoms with E-state index in [1.165, 1.54) is 0 Å². The minimum absolute atomic E-state index is 0.0116. The van der Waals surface area contributed by atoms with Crippen molar-refractivity contribution >= 4 is 11.8 Å². The smallest absolute Gasteiger partial charge is 0.223 e. The van der Waals surface area contributed by atoms with E-state index in [0.29, 0.717) is 18.9 Å². The zero-order chi connectivity index (χ0) is 23.9. The van der Waals surface area contributed by atoms with E-state index >= 15 is 0 Å². The molecule has 5 N–H and O–H groups in total. The third-order valence-corrected chi connectivity index (χ3v) is 6.72. The van der Waals surface area contributed by atoms with Gasteiger partial charge in [-0.15, -0.1) is 0 Å². The summed E-state index contributed by atoms with van der Waals surface area (Å²) in [5, 5.41) is 3.30. The maximum Gasteiger partial charge on any atom is 0.223 e. The first kappa shape index (κ1) is 23.7. The number of nitrogens with one attached hydrogen (secondary N) is 1. The second kappa shape index (κ2) is 11.1. The predicted octanol–water partition coefficient (Wildman–Crippen LogP) is 3.07. The first-order chi connectivity index (χ1) is 16.5. The van der Waals surface area contributed by atoms with Crippen LogP contribution in [0.5, 0.6) is 0 Å². The van der Waals surface area contributed by atoms with Gasteiger partial charge in [-0.2, -0.15) is 0 Å². The molecular weight excluding hydrogens is 426 g/mol. The van der Waals surface area contributed by atoms with Gasteiger partial charge in [0.15, 0.2) is 0 Å². The highest BCUT2D eigenvalue weighted by Gasteiger charge is 2.29. The Morgan fingerprint density at radius 2 is 1.71 bits per heavy atom. The fraction of sp³-hybridized carbons (Fsp3) is 0.370. The molecule has 7 heteroatoms. The van der Waals surface area contributed by atoms with Gasteiger partial charge in [0.2, 0.25) is 11.8 Å². The van der Waals surface area contributed by atoms with Crippen LogP contribution in [-0.4, -0.2) is 27.9 Å². The molecule has 1 heterocycles. The van der Waals surface area contributed by atoms with E-state index in [0.717, 1.165) is 48.3 Å². The highest BCUT2D eigenvalue weighted by Crippen LogP contribution is 2.29. The zero-order valence-corrected chi connectivity index (χ0v) is 19.4. The maximum absolute atomic E-state index is 13.3. The average Bonchev–Trinajstić information content (AvgIpc) is 3.34. The Balaban J connectivity index is 1.57. The van der Waals surface area contributed by atoms with E-state index in [9.17, 15) is 9.59 Å². The lowest BCUT2D eigenvalue weighted by atomic mass is 9.81. The number of benzene rings is 2. The summed E-state index contributed by atoms with van der Waals surface area (Å²) in [5.74, 6) is 1.04. The van der Waals surface area contributed by atoms with Gasteiger partial charge in [-0.3, -0.25) is 9.59 Å². The number of amides is 2. The average molecular weight is 460 g/mol. The topological polar surface area (TPSA) is 116 Å². The number of carbonyl (C=O) groups is 2. The standard InChI is InChI=1S/C27H33N5O2/c28-18-21-6-10-22(11-7-21)27(34)31-24(16-19-4-2-1-3-5-19)26-30-14-15-32(26)23-12-8-20(9-13-23)17-25(29)33/h1-5,8-9,12-15,21-22,24H,6-7,10-11,16-18,28H2,(H2,29,33)(H,31,34). The fourth-order valence-electron chi connectivity index (χ4n) is 4.77. The molecule has 1 fully saturated rings. The van der Waals surface area contributed by atoms with Crippen LogP contribution in [-0.2, 0) is 22.4 Å². The van der Waals surface area contributed by atoms with Crippen LogP contribution in [0.3, 0.4) is 0 Å². The summed E-state index contributed by atoms with van der Waals surface area (Å²) in [6.45, 7) is 0.695. The first-order valence-corrected chi connectivity index (χ1v) is 12.0. The van der Waals surface area contributed by atoms with Crippen molar-refractivity contribution in [1.29, 1.82) is 0 Å². The third-order valence-electron chi connectivity index (χ3n) is 6.72. The number of nitrogens with zero attached hydrogens (tertiary/aromatic N) is 2. The van der Waals surface area contributed by atoms with Gasteiger partial charge in [0.05, 0.1) is 12.5 Å². The molecule has 7 nitrogen and oxygen atoms in total. The summed E-state index contributed by atoms with van der Waals surface area (Å²) in [6, 6.07) is 17.5. The molecule has 4 rings (SSSR count). The lowest BCUT2D eigenvalue weighted by molar-refractivity contribution is -0.127. The van der Waals surface area contributed by atoms with Crippen LogP contribution in [0.2, 0.25) is 0 Å². The summed E-state index contributed by atoms with van der Waals surface area (Å²) in [5.41, 5.74) is 14.0. The molecule has 2 aromatic carbocycles. The van der Waals surface area contributed by atoms with E-state index in [4.69, 9.17) is 11.5 Å². The lowest BCUT2D eigenvalue weighted by Gasteiger charge is -2.29.